The first kappa shape index (κ1) is 15.7. The van der Waals surface area contributed by atoms with Gasteiger partial charge in [0, 0.05) is 15.7 Å². The third-order valence-electron chi connectivity index (χ3n) is 2.83. The van der Waals surface area contributed by atoms with Crippen LogP contribution in [0.3, 0.4) is 0 Å². The van der Waals surface area contributed by atoms with Gasteiger partial charge in [0.25, 0.3) is 5.91 Å². The minimum Gasteiger partial charge on any atom is -0.322 e. The maximum absolute atomic E-state index is 12.1. The molecule has 0 aliphatic rings. The molecule has 0 spiro atoms. The van der Waals surface area contributed by atoms with Gasteiger partial charge >= 0.3 is 0 Å². The highest BCUT2D eigenvalue weighted by Crippen LogP contribution is 2.19. The molecule has 2 aromatic carbocycles. The zero-order valence-electron chi connectivity index (χ0n) is 11.1. The first-order valence-corrected chi connectivity index (χ1v) is 8.31. The molecule has 0 bridgehead atoms. The lowest BCUT2D eigenvalue weighted by atomic mass is 10.2. The van der Waals surface area contributed by atoms with Crippen LogP contribution in [0.1, 0.15) is 15.9 Å². The maximum atomic E-state index is 12.1. The van der Waals surface area contributed by atoms with E-state index in [0.717, 1.165) is 4.47 Å². The summed E-state index contributed by atoms with van der Waals surface area (Å²) in [4.78, 5) is 12.1. The minimum absolute atomic E-state index is 0.0444. The van der Waals surface area contributed by atoms with Crippen LogP contribution < -0.4 is 10.5 Å². The molecule has 110 valence electrons. The molecule has 5 nitrogen and oxygen atoms in total. The van der Waals surface area contributed by atoms with Crippen molar-refractivity contribution < 1.29 is 13.2 Å². The van der Waals surface area contributed by atoms with E-state index in [1.165, 1.54) is 12.1 Å². The van der Waals surface area contributed by atoms with E-state index in [9.17, 15) is 13.2 Å². The van der Waals surface area contributed by atoms with Crippen molar-refractivity contribution in [2.45, 2.75) is 11.8 Å². The Morgan fingerprint density at radius 1 is 1.19 bits per heavy atom. The van der Waals surface area contributed by atoms with Gasteiger partial charge < -0.3 is 5.32 Å². The van der Waals surface area contributed by atoms with Gasteiger partial charge in [-0.25, -0.2) is 13.6 Å². The minimum atomic E-state index is -3.76. The first-order valence-electron chi connectivity index (χ1n) is 5.98. The van der Waals surface area contributed by atoms with Crippen molar-refractivity contribution >= 4 is 37.5 Å². The highest BCUT2D eigenvalue weighted by Gasteiger charge is 2.13. The molecule has 0 atom stereocenters. The molecule has 0 fully saturated rings. The highest BCUT2D eigenvalue weighted by molar-refractivity contribution is 9.10. The summed E-state index contributed by atoms with van der Waals surface area (Å²) in [5.74, 6) is -0.279. The van der Waals surface area contributed by atoms with Crippen molar-refractivity contribution in [2.75, 3.05) is 5.32 Å². The molecule has 0 aromatic heterocycles. The molecule has 0 aliphatic carbocycles. The average Bonchev–Trinajstić information content (AvgIpc) is 2.37. The van der Waals surface area contributed by atoms with Gasteiger partial charge in [0.1, 0.15) is 0 Å². The first-order chi connectivity index (χ1) is 9.77. The van der Waals surface area contributed by atoms with Gasteiger partial charge in [-0.15, -0.1) is 0 Å². The number of primary sulfonamides is 1. The molecule has 3 N–H and O–H groups in total. The molecule has 0 saturated heterocycles. The van der Waals surface area contributed by atoms with Crippen LogP contribution in [0.5, 0.6) is 0 Å². The van der Waals surface area contributed by atoms with Gasteiger partial charge in [0.05, 0.1) is 4.90 Å². The van der Waals surface area contributed by atoms with Crippen LogP contribution in [0.4, 0.5) is 5.69 Å². The zero-order chi connectivity index (χ0) is 15.6. The summed E-state index contributed by atoms with van der Waals surface area (Å²) in [5, 5.41) is 7.81. The summed E-state index contributed by atoms with van der Waals surface area (Å²) < 4.78 is 23.5. The Bertz CT molecular complexity index is 804. The number of sulfonamides is 1. The average molecular weight is 369 g/mol. The number of halogens is 1. The molecule has 0 aliphatic heterocycles. The summed E-state index contributed by atoms with van der Waals surface area (Å²) in [6, 6.07) is 11.4. The largest absolute Gasteiger partial charge is 0.322 e. The normalized spacial score (nSPS) is 11.2. The van der Waals surface area contributed by atoms with Crippen LogP contribution in [0.25, 0.3) is 0 Å². The Morgan fingerprint density at radius 2 is 1.90 bits per heavy atom. The predicted octanol–water partition coefficient (Wildman–Crippen LogP) is 2.66. The van der Waals surface area contributed by atoms with Crippen molar-refractivity contribution in [3.8, 4) is 0 Å². The molecule has 21 heavy (non-hydrogen) atoms. The molecule has 0 radical (unpaired) electrons. The number of rotatable bonds is 3. The zero-order valence-corrected chi connectivity index (χ0v) is 13.5. The van der Waals surface area contributed by atoms with Crippen LogP contribution in [0.15, 0.2) is 51.8 Å². The van der Waals surface area contributed by atoms with E-state index in [0.29, 0.717) is 16.8 Å². The van der Waals surface area contributed by atoms with E-state index < -0.39 is 10.0 Å². The summed E-state index contributed by atoms with van der Waals surface area (Å²) in [6.45, 7) is 1.62. The molecule has 0 heterocycles. The lowest BCUT2D eigenvalue weighted by Gasteiger charge is -2.09. The Hall–Kier alpha value is -1.70. The Balaban J connectivity index is 2.25. The molecular weight excluding hydrogens is 356 g/mol. The van der Waals surface area contributed by atoms with E-state index in [2.05, 4.69) is 21.2 Å². The van der Waals surface area contributed by atoms with Gasteiger partial charge in [0.15, 0.2) is 0 Å². The van der Waals surface area contributed by atoms with Crippen LogP contribution in [0.2, 0.25) is 0 Å². The monoisotopic (exact) mass is 368 g/mol. The fourth-order valence-corrected chi connectivity index (χ4v) is 3.04. The topological polar surface area (TPSA) is 89.3 Å². The molecule has 2 rings (SSSR count). The number of carbonyl (C=O) groups is 1. The lowest BCUT2D eigenvalue weighted by molar-refractivity contribution is 0.102. The van der Waals surface area contributed by atoms with E-state index >= 15 is 0 Å². The molecule has 0 saturated carbocycles. The standard InChI is InChI=1S/C14H13BrN2O3S/c1-9-7-12(5-6-13(9)21(16,19)20)17-14(18)10-3-2-4-11(15)8-10/h2-8H,1H3,(H,17,18)(H2,16,19,20). The van der Waals surface area contributed by atoms with Crippen LogP contribution in [0, 0.1) is 6.92 Å². The van der Waals surface area contributed by atoms with Crippen molar-refractivity contribution in [3.05, 3.63) is 58.1 Å². The quantitative estimate of drug-likeness (QED) is 0.872. The maximum Gasteiger partial charge on any atom is 0.255 e. The van der Waals surface area contributed by atoms with E-state index in [4.69, 9.17) is 5.14 Å². The summed E-state index contributed by atoms with van der Waals surface area (Å²) in [5.41, 5.74) is 1.48. The van der Waals surface area contributed by atoms with Crippen molar-refractivity contribution in [1.29, 1.82) is 0 Å². The lowest BCUT2D eigenvalue weighted by Crippen LogP contribution is -2.15. The fraction of sp³-hybridized carbons (Fsp3) is 0.0714. The summed E-state index contributed by atoms with van der Waals surface area (Å²) in [7, 11) is -3.76. The van der Waals surface area contributed by atoms with E-state index in [1.807, 2.05) is 6.07 Å². The molecule has 1 amide bonds. The number of anilines is 1. The third-order valence-corrected chi connectivity index (χ3v) is 4.39. The van der Waals surface area contributed by atoms with Crippen LogP contribution in [-0.2, 0) is 10.0 Å². The number of nitrogens with two attached hydrogens (primary N) is 1. The Labute approximate surface area is 131 Å². The molecule has 2 aromatic rings. The predicted molar refractivity (Wildman–Crippen MR) is 84.6 cm³/mol. The number of nitrogens with one attached hydrogen (secondary N) is 1. The fourth-order valence-electron chi connectivity index (χ4n) is 1.88. The van der Waals surface area contributed by atoms with Crippen LogP contribution in [-0.4, -0.2) is 14.3 Å². The van der Waals surface area contributed by atoms with Gasteiger partial charge in [-0.1, -0.05) is 22.0 Å². The van der Waals surface area contributed by atoms with Gasteiger partial charge in [-0.05, 0) is 48.9 Å². The highest BCUT2D eigenvalue weighted by atomic mass is 79.9. The summed E-state index contributed by atoms with van der Waals surface area (Å²) in [6.07, 6.45) is 0. The molecular formula is C14H13BrN2O3S. The van der Waals surface area contributed by atoms with Crippen molar-refractivity contribution in [1.82, 2.24) is 0 Å². The van der Waals surface area contributed by atoms with Gasteiger partial charge in [0.2, 0.25) is 10.0 Å². The second-order valence-electron chi connectivity index (χ2n) is 4.49. The Kier molecular flexibility index (Phi) is 4.46. The number of amides is 1. The second kappa shape index (κ2) is 5.97. The SMILES string of the molecule is Cc1cc(NC(=O)c2cccc(Br)c2)ccc1S(N)(=O)=O. The van der Waals surface area contributed by atoms with Gasteiger partial charge in [-0.3, -0.25) is 4.79 Å². The van der Waals surface area contributed by atoms with Crippen LogP contribution >= 0.6 is 15.9 Å². The number of carbonyl (C=O) groups excluding carboxylic acids is 1. The van der Waals surface area contributed by atoms with Crippen molar-refractivity contribution in [2.24, 2.45) is 5.14 Å². The third kappa shape index (κ3) is 3.90. The summed E-state index contributed by atoms with van der Waals surface area (Å²) >= 11 is 3.30. The van der Waals surface area contributed by atoms with Crippen molar-refractivity contribution in [3.63, 3.8) is 0 Å². The number of benzene rings is 2. The second-order valence-corrected chi connectivity index (χ2v) is 6.94. The Morgan fingerprint density at radius 3 is 2.48 bits per heavy atom. The van der Waals surface area contributed by atoms with Gasteiger partial charge in [-0.2, -0.15) is 0 Å². The smallest absolute Gasteiger partial charge is 0.255 e. The van der Waals surface area contributed by atoms with E-state index in [1.54, 1.807) is 31.2 Å². The molecule has 7 heteroatoms. The number of hydrogen-bond donors (Lipinski definition) is 2. The van der Waals surface area contributed by atoms with E-state index in [-0.39, 0.29) is 10.8 Å². The number of hydrogen-bond acceptors (Lipinski definition) is 3. The molecule has 0 unspecified atom stereocenters. The number of aryl methyl sites for hydroxylation is 1.